The van der Waals surface area contributed by atoms with Crippen molar-refractivity contribution in [2.24, 2.45) is 0 Å². The normalized spacial score (nSPS) is 11.8. The highest BCUT2D eigenvalue weighted by Gasteiger charge is 2.04. The molecule has 0 aliphatic rings. The number of hydrogen-bond acceptors (Lipinski definition) is 6. The van der Waals surface area contributed by atoms with E-state index >= 15 is 0 Å². The molecule has 0 aliphatic heterocycles. The van der Waals surface area contributed by atoms with Gasteiger partial charge in [0.05, 0.1) is 18.0 Å². The fourth-order valence-corrected chi connectivity index (χ4v) is 1.05. The molecule has 7 heteroatoms. The van der Waals surface area contributed by atoms with Crippen molar-refractivity contribution >= 4 is 17.5 Å². The molecule has 0 heterocycles. The third kappa shape index (κ3) is 5.44. The van der Waals surface area contributed by atoms with Crippen molar-refractivity contribution in [2.45, 2.75) is 0 Å². The maximum Gasteiger partial charge on any atom is 0.513 e. The highest BCUT2D eigenvalue weighted by atomic mass is 32.2. The molecule has 0 spiro atoms. The van der Waals surface area contributed by atoms with E-state index in [9.17, 15) is 13.6 Å². The van der Waals surface area contributed by atoms with E-state index in [1.807, 2.05) is 0 Å². The van der Waals surface area contributed by atoms with Gasteiger partial charge in [0.1, 0.15) is 12.4 Å². The fraction of sp³-hybridized carbons (Fsp3) is 0.222. The SMILES string of the molecule is O=C(OCCOS(=O)[O-])Oc1ccccc1. The molecule has 0 aromatic heterocycles. The Morgan fingerprint density at radius 3 is 2.56 bits per heavy atom. The van der Waals surface area contributed by atoms with E-state index in [1.165, 1.54) is 0 Å². The van der Waals surface area contributed by atoms with Gasteiger partial charge in [-0.05, 0) is 12.1 Å². The average Bonchev–Trinajstić information content (AvgIpc) is 2.25. The molecule has 1 rings (SSSR count). The Hall–Kier alpha value is -1.44. The molecule has 0 bridgehead atoms. The first-order chi connectivity index (χ1) is 7.68. The zero-order chi connectivity index (χ0) is 11.8. The lowest BCUT2D eigenvalue weighted by atomic mass is 10.3. The Kier molecular flexibility index (Phi) is 5.48. The number of para-hydroxylation sites is 1. The first-order valence-electron chi connectivity index (χ1n) is 4.30. The summed E-state index contributed by atoms with van der Waals surface area (Å²) >= 11 is -2.60. The van der Waals surface area contributed by atoms with Gasteiger partial charge in [0.2, 0.25) is 0 Å². The molecular formula is C9H9O6S-. The van der Waals surface area contributed by atoms with Crippen molar-refractivity contribution in [1.82, 2.24) is 0 Å². The number of ether oxygens (including phenoxy) is 2. The monoisotopic (exact) mass is 245 g/mol. The highest BCUT2D eigenvalue weighted by Crippen LogP contribution is 2.08. The van der Waals surface area contributed by atoms with Crippen LogP contribution in [0.1, 0.15) is 0 Å². The Morgan fingerprint density at radius 1 is 1.25 bits per heavy atom. The van der Waals surface area contributed by atoms with E-state index in [0.29, 0.717) is 5.75 Å². The summed E-state index contributed by atoms with van der Waals surface area (Å²) in [5.74, 6) is 0.348. The van der Waals surface area contributed by atoms with Gasteiger partial charge in [0.15, 0.2) is 0 Å². The van der Waals surface area contributed by atoms with E-state index in [4.69, 9.17) is 4.74 Å². The van der Waals surface area contributed by atoms with Gasteiger partial charge in [0.25, 0.3) is 0 Å². The molecule has 6 nitrogen and oxygen atoms in total. The summed E-state index contributed by atoms with van der Waals surface area (Å²) < 4.78 is 33.3. The molecule has 1 atom stereocenters. The molecule has 0 saturated carbocycles. The van der Waals surface area contributed by atoms with Crippen molar-refractivity contribution in [2.75, 3.05) is 13.2 Å². The van der Waals surface area contributed by atoms with Gasteiger partial charge < -0.3 is 14.0 Å². The van der Waals surface area contributed by atoms with Crippen LogP contribution in [0.25, 0.3) is 0 Å². The zero-order valence-electron chi connectivity index (χ0n) is 8.16. The first-order valence-corrected chi connectivity index (χ1v) is 5.30. The van der Waals surface area contributed by atoms with E-state index in [1.54, 1.807) is 30.3 Å². The molecule has 16 heavy (non-hydrogen) atoms. The van der Waals surface area contributed by atoms with Gasteiger partial charge in [-0.25, -0.2) is 9.00 Å². The summed E-state index contributed by atoms with van der Waals surface area (Å²) in [5.41, 5.74) is 0. The van der Waals surface area contributed by atoms with Crippen LogP contribution in [-0.2, 0) is 20.3 Å². The van der Waals surface area contributed by atoms with Crippen LogP contribution in [0.4, 0.5) is 4.79 Å². The summed E-state index contributed by atoms with van der Waals surface area (Å²) in [6, 6.07) is 8.35. The van der Waals surface area contributed by atoms with Gasteiger partial charge in [-0.1, -0.05) is 18.2 Å². The van der Waals surface area contributed by atoms with Crippen LogP contribution < -0.4 is 4.74 Å². The van der Waals surface area contributed by atoms with Gasteiger partial charge in [-0.3, -0.25) is 4.18 Å². The predicted molar refractivity (Wildman–Crippen MR) is 53.3 cm³/mol. The molecule has 88 valence electrons. The summed E-state index contributed by atoms with van der Waals surface area (Å²) in [5, 5.41) is 0. The Bertz CT molecular complexity index is 352. The molecule has 0 saturated heterocycles. The van der Waals surface area contributed by atoms with Crippen LogP contribution in [0.5, 0.6) is 5.75 Å². The van der Waals surface area contributed by atoms with Crippen molar-refractivity contribution in [3.8, 4) is 5.75 Å². The lowest BCUT2D eigenvalue weighted by Crippen LogP contribution is -2.14. The second-order valence-electron chi connectivity index (χ2n) is 2.54. The van der Waals surface area contributed by atoms with E-state index in [0.717, 1.165) is 0 Å². The first kappa shape index (κ1) is 12.6. The summed E-state index contributed by atoms with van der Waals surface area (Å²) in [7, 11) is 0. The zero-order valence-corrected chi connectivity index (χ0v) is 8.98. The van der Waals surface area contributed by atoms with Gasteiger partial charge in [-0.2, -0.15) is 0 Å². The molecule has 1 aromatic carbocycles. The standard InChI is InChI=1S/C9H10O6S/c10-9(13-6-7-14-16(11)12)15-8-4-2-1-3-5-8/h1-5H,6-7H2,(H,11,12)/p-1. The van der Waals surface area contributed by atoms with Crippen molar-refractivity contribution in [3.05, 3.63) is 30.3 Å². The minimum Gasteiger partial charge on any atom is -0.750 e. The third-order valence-electron chi connectivity index (χ3n) is 1.43. The quantitative estimate of drug-likeness (QED) is 0.333. The predicted octanol–water partition coefficient (Wildman–Crippen LogP) is 1.01. The maximum atomic E-state index is 11.0. The lowest BCUT2D eigenvalue weighted by molar-refractivity contribution is 0.0850. The lowest BCUT2D eigenvalue weighted by Gasteiger charge is -2.07. The van der Waals surface area contributed by atoms with Crippen LogP contribution in [0.15, 0.2) is 30.3 Å². The van der Waals surface area contributed by atoms with Crippen LogP contribution in [-0.4, -0.2) is 28.1 Å². The largest absolute Gasteiger partial charge is 0.750 e. The topological polar surface area (TPSA) is 84.9 Å². The molecule has 0 amide bonds. The number of carbonyl (C=O) groups excluding carboxylic acids is 1. The third-order valence-corrected chi connectivity index (χ3v) is 1.79. The van der Waals surface area contributed by atoms with Crippen LogP contribution >= 0.6 is 0 Å². The molecule has 0 N–H and O–H groups in total. The summed E-state index contributed by atoms with van der Waals surface area (Å²) in [6.45, 7) is -0.431. The second kappa shape index (κ2) is 6.94. The maximum absolute atomic E-state index is 11.0. The van der Waals surface area contributed by atoms with Crippen molar-refractivity contribution < 1.29 is 27.2 Å². The van der Waals surface area contributed by atoms with Crippen molar-refractivity contribution in [1.29, 1.82) is 0 Å². The number of hydrogen-bond donors (Lipinski definition) is 0. The van der Waals surface area contributed by atoms with Gasteiger partial charge >= 0.3 is 6.16 Å². The number of carbonyl (C=O) groups is 1. The van der Waals surface area contributed by atoms with Crippen LogP contribution in [0.3, 0.4) is 0 Å². The van der Waals surface area contributed by atoms with E-state index < -0.39 is 17.5 Å². The second-order valence-corrected chi connectivity index (χ2v) is 3.18. The molecule has 0 fully saturated rings. The van der Waals surface area contributed by atoms with Gasteiger partial charge in [-0.15, -0.1) is 0 Å². The Labute approximate surface area is 94.6 Å². The van der Waals surface area contributed by atoms with E-state index in [2.05, 4.69) is 8.92 Å². The fourth-order valence-electron chi connectivity index (χ4n) is 0.841. The minimum atomic E-state index is -2.60. The molecule has 1 unspecified atom stereocenters. The number of benzene rings is 1. The minimum absolute atomic E-state index is 0.195. The molecule has 1 aromatic rings. The van der Waals surface area contributed by atoms with Gasteiger partial charge in [0, 0.05) is 0 Å². The smallest absolute Gasteiger partial charge is 0.513 e. The Morgan fingerprint density at radius 2 is 1.94 bits per heavy atom. The van der Waals surface area contributed by atoms with Crippen molar-refractivity contribution in [3.63, 3.8) is 0 Å². The summed E-state index contributed by atoms with van der Waals surface area (Å²) in [4.78, 5) is 11.0. The van der Waals surface area contributed by atoms with Crippen LogP contribution in [0.2, 0.25) is 0 Å². The molecule has 0 aliphatic carbocycles. The number of rotatable bonds is 5. The molecular weight excluding hydrogens is 236 g/mol. The average molecular weight is 245 g/mol. The summed E-state index contributed by atoms with van der Waals surface area (Å²) in [6.07, 6.45) is -0.911. The highest BCUT2D eigenvalue weighted by molar-refractivity contribution is 7.74. The van der Waals surface area contributed by atoms with E-state index in [-0.39, 0.29) is 13.2 Å². The van der Waals surface area contributed by atoms with Crippen LogP contribution in [0, 0.1) is 0 Å². The Balaban J connectivity index is 2.19. The molecule has 0 radical (unpaired) electrons.